The van der Waals surface area contributed by atoms with Crippen molar-refractivity contribution in [1.82, 2.24) is 10.2 Å². The van der Waals surface area contributed by atoms with Crippen molar-refractivity contribution in [2.75, 3.05) is 18.4 Å². The molecule has 0 atom stereocenters. The van der Waals surface area contributed by atoms with Crippen LogP contribution < -0.4 is 10.6 Å². The molecule has 1 heterocycles. The highest BCUT2D eigenvalue weighted by atomic mass is 35.5. The molecule has 2 fully saturated rings. The number of nitrogens with one attached hydrogen (secondary N) is 2. The molecule has 1 saturated heterocycles. The van der Waals surface area contributed by atoms with Crippen molar-refractivity contribution in [1.29, 1.82) is 0 Å². The third kappa shape index (κ3) is 3.99. The summed E-state index contributed by atoms with van der Waals surface area (Å²) < 4.78 is 0. The average Bonchev–Trinajstić information content (AvgIpc) is 3.52. The van der Waals surface area contributed by atoms with Gasteiger partial charge in [0.2, 0.25) is 5.91 Å². The number of para-hydroxylation sites is 1. The predicted octanol–water partition coefficient (Wildman–Crippen LogP) is 4.18. The van der Waals surface area contributed by atoms with E-state index in [1.807, 2.05) is 59.5 Å². The highest BCUT2D eigenvalue weighted by molar-refractivity contribution is 6.30. The summed E-state index contributed by atoms with van der Waals surface area (Å²) in [6, 6.07) is 17.1. The molecule has 0 spiro atoms. The molecule has 3 amide bonds. The molecule has 2 aromatic rings. The molecule has 0 radical (unpaired) electrons. The minimum Gasteiger partial charge on any atom is -0.352 e. The maximum absolute atomic E-state index is 12.9. The normalized spacial score (nSPS) is 18.4. The summed E-state index contributed by atoms with van der Waals surface area (Å²) in [5, 5.41) is 6.81. The molecule has 6 heteroatoms. The van der Waals surface area contributed by atoms with E-state index >= 15 is 0 Å². The summed E-state index contributed by atoms with van der Waals surface area (Å²) in [4.78, 5) is 27.1. The lowest BCUT2D eigenvalue weighted by molar-refractivity contribution is -0.124. The van der Waals surface area contributed by atoms with Gasteiger partial charge in [0.05, 0.1) is 5.41 Å². The van der Waals surface area contributed by atoms with Crippen LogP contribution in [0.25, 0.3) is 0 Å². The van der Waals surface area contributed by atoms with Gasteiger partial charge in [0.25, 0.3) is 0 Å². The molecule has 4 rings (SSSR count). The quantitative estimate of drug-likeness (QED) is 0.812. The minimum absolute atomic E-state index is 0.0872. The fourth-order valence-electron chi connectivity index (χ4n) is 3.82. The van der Waals surface area contributed by atoms with E-state index in [0.29, 0.717) is 18.1 Å². The van der Waals surface area contributed by atoms with Crippen LogP contribution in [-0.4, -0.2) is 36.0 Å². The van der Waals surface area contributed by atoms with Crippen LogP contribution >= 0.6 is 11.6 Å². The number of piperidine rings is 1. The topological polar surface area (TPSA) is 61.4 Å². The molecule has 28 heavy (non-hydrogen) atoms. The van der Waals surface area contributed by atoms with Gasteiger partial charge in [-0.3, -0.25) is 4.79 Å². The third-order valence-electron chi connectivity index (χ3n) is 5.72. The highest BCUT2D eigenvalue weighted by Gasteiger charge is 2.51. The standard InChI is InChI=1S/C22H24ClN3O2/c23-17-8-6-16(7-9-17)22(12-13-22)20(27)24-19-10-14-26(15-11-19)21(28)25-18-4-2-1-3-5-18/h1-9,19H,10-15H2,(H,24,27)(H,25,28). The van der Waals surface area contributed by atoms with Crippen molar-refractivity contribution < 1.29 is 9.59 Å². The summed E-state index contributed by atoms with van der Waals surface area (Å²) in [7, 11) is 0. The first-order valence-electron chi connectivity index (χ1n) is 9.75. The molecule has 0 aromatic heterocycles. The van der Waals surface area contributed by atoms with E-state index in [-0.39, 0.29) is 18.0 Å². The van der Waals surface area contributed by atoms with Crippen molar-refractivity contribution in [2.24, 2.45) is 0 Å². The van der Waals surface area contributed by atoms with E-state index in [4.69, 9.17) is 11.6 Å². The van der Waals surface area contributed by atoms with Crippen LogP contribution in [0.3, 0.4) is 0 Å². The molecular formula is C22H24ClN3O2. The van der Waals surface area contributed by atoms with Gasteiger partial charge in [-0.25, -0.2) is 4.79 Å². The van der Waals surface area contributed by atoms with Crippen LogP contribution in [-0.2, 0) is 10.2 Å². The van der Waals surface area contributed by atoms with Gasteiger partial charge < -0.3 is 15.5 Å². The summed E-state index contributed by atoms with van der Waals surface area (Å²) >= 11 is 5.97. The summed E-state index contributed by atoms with van der Waals surface area (Å²) in [6.07, 6.45) is 3.28. The zero-order valence-corrected chi connectivity index (χ0v) is 16.4. The monoisotopic (exact) mass is 397 g/mol. The van der Waals surface area contributed by atoms with Crippen molar-refractivity contribution >= 4 is 29.2 Å². The summed E-state index contributed by atoms with van der Waals surface area (Å²) in [5.74, 6) is 0.0991. The number of urea groups is 1. The lowest BCUT2D eigenvalue weighted by Crippen LogP contribution is -2.49. The van der Waals surface area contributed by atoms with E-state index in [0.717, 1.165) is 36.9 Å². The Hall–Kier alpha value is -2.53. The van der Waals surface area contributed by atoms with E-state index in [9.17, 15) is 9.59 Å². The van der Waals surface area contributed by atoms with Crippen molar-refractivity contribution in [3.8, 4) is 0 Å². The smallest absolute Gasteiger partial charge is 0.321 e. The molecule has 5 nitrogen and oxygen atoms in total. The largest absolute Gasteiger partial charge is 0.352 e. The number of halogens is 1. The second-order valence-electron chi connectivity index (χ2n) is 7.62. The number of nitrogens with zero attached hydrogens (tertiary/aromatic N) is 1. The Balaban J connectivity index is 1.29. The average molecular weight is 398 g/mol. The number of hydrogen-bond acceptors (Lipinski definition) is 2. The fraction of sp³-hybridized carbons (Fsp3) is 0.364. The number of benzene rings is 2. The van der Waals surface area contributed by atoms with Gasteiger partial charge in [-0.05, 0) is 55.5 Å². The number of rotatable bonds is 4. The van der Waals surface area contributed by atoms with Gasteiger partial charge in [-0.2, -0.15) is 0 Å². The molecular weight excluding hydrogens is 374 g/mol. The molecule has 146 valence electrons. The minimum atomic E-state index is -0.396. The van der Waals surface area contributed by atoms with Gasteiger partial charge in [-0.1, -0.05) is 41.9 Å². The van der Waals surface area contributed by atoms with Crippen molar-refractivity contribution in [2.45, 2.75) is 37.1 Å². The Morgan fingerprint density at radius 2 is 1.61 bits per heavy atom. The zero-order chi connectivity index (χ0) is 19.6. The molecule has 1 aliphatic carbocycles. The van der Waals surface area contributed by atoms with Crippen LogP contribution in [0.15, 0.2) is 54.6 Å². The lowest BCUT2D eigenvalue weighted by Gasteiger charge is -2.33. The predicted molar refractivity (Wildman–Crippen MR) is 111 cm³/mol. The highest BCUT2D eigenvalue weighted by Crippen LogP contribution is 2.48. The van der Waals surface area contributed by atoms with Gasteiger partial charge in [0, 0.05) is 29.8 Å². The molecule has 2 aliphatic rings. The third-order valence-corrected chi connectivity index (χ3v) is 5.98. The van der Waals surface area contributed by atoms with E-state index < -0.39 is 5.41 Å². The SMILES string of the molecule is O=C(Nc1ccccc1)N1CCC(NC(=O)C2(c3ccc(Cl)cc3)CC2)CC1. The Labute approximate surface area is 170 Å². The first-order valence-corrected chi connectivity index (χ1v) is 10.1. The van der Waals surface area contributed by atoms with Crippen LogP contribution in [0, 0.1) is 0 Å². The van der Waals surface area contributed by atoms with Gasteiger partial charge in [-0.15, -0.1) is 0 Å². The molecule has 1 saturated carbocycles. The van der Waals surface area contributed by atoms with Crippen molar-refractivity contribution in [3.63, 3.8) is 0 Å². The Morgan fingerprint density at radius 1 is 0.964 bits per heavy atom. The molecule has 1 aliphatic heterocycles. The second kappa shape index (κ2) is 7.84. The van der Waals surface area contributed by atoms with Crippen LogP contribution in [0.1, 0.15) is 31.2 Å². The lowest BCUT2D eigenvalue weighted by atomic mass is 9.94. The molecule has 0 bridgehead atoms. The van der Waals surface area contributed by atoms with Gasteiger partial charge in [0.15, 0.2) is 0 Å². The maximum Gasteiger partial charge on any atom is 0.321 e. The Morgan fingerprint density at radius 3 is 2.21 bits per heavy atom. The number of anilines is 1. The van der Waals surface area contributed by atoms with Crippen LogP contribution in [0.5, 0.6) is 0 Å². The summed E-state index contributed by atoms with van der Waals surface area (Å²) in [6.45, 7) is 1.27. The fourth-order valence-corrected chi connectivity index (χ4v) is 3.94. The van der Waals surface area contributed by atoms with E-state index in [1.54, 1.807) is 0 Å². The van der Waals surface area contributed by atoms with Crippen molar-refractivity contribution in [3.05, 3.63) is 65.2 Å². The molecule has 0 unspecified atom stereocenters. The second-order valence-corrected chi connectivity index (χ2v) is 8.06. The molecule has 2 N–H and O–H groups in total. The van der Waals surface area contributed by atoms with Crippen LogP contribution in [0.2, 0.25) is 5.02 Å². The number of carbonyl (C=O) groups excluding carboxylic acids is 2. The Bertz CT molecular complexity index is 842. The first-order chi connectivity index (χ1) is 13.6. The van der Waals surface area contributed by atoms with E-state index in [1.165, 1.54) is 0 Å². The number of likely N-dealkylation sites (tertiary alicyclic amines) is 1. The maximum atomic E-state index is 12.9. The van der Waals surface area contributed by atoms with Gasteiger partial charge in [0.1, 0.15) is 0 Å². The first kappa shape index (κ1) is 18.8. The van der Waals surface area contributed by atoms with Crippen LogP contribution in [0.4, 0.5) is 10.5 Å². The Kier molecular flexibility index (Phi) is 5.27. The van der Waals surface area contributed by atoms with Gasteiger partial charge >= 0.3 is 6.03 Å². The number of carbonyl (C=O) groups is 2. The number of amides is 3. The van der Waals surface area contributed by atoms with E-state index in [2.05, 4.69) is 10.6 Å². The molecule has 2 aromatic carbocycles. The zero-order valence-electron chi connectivity index (χ0n) is 15.7. The summed E-state index contributed by atoms with van der Waals surface area (Å²) in [5.41, 5.74) is 1.43. The number of hydrogen-bond donors (Lipinski definition) is 2.